The Balaban J connectivity index is 2.54. The van der Waals surface area contributed by atoms with Crippen LogP contribution >= 0.6 is 15.9 Å². The number of alkyl halides is 1. The molecule has 0 aliphatic rings. The zero-order valence-corrected chi connectivity index (χ0v) is 8.58. The van der Waals surface area contributed by atoms with Crippen molar-refractivity contribution in [3.8, 4) is 0 Å². The zero-order chi connectivity index (χ0) is 9.10. The van der Waals surface area contributed by atoms with Gasteiger partial charge in [-0.1, -0.05) is 28.1 Å². The van der Waals surface area contributed by atoms with E-state index in [0.717, 1.165) is 11.0 Å². The number of aromatic amines is 1. The third kappa shape index (κ3) is 1.65. The van der Waals surface area contributed by atoms with Crippen molar-refractivity contribution in [2.45, 2.75) is 0 Å². The van der Waals surface area contributed by atoms with E-state index < -0.39 is 0 Å². The maximum Gasteiger partial charge on any atom is 0.137 e. The summed E-state index contributed by atoms with van der Waals surface area (Å²) in [6.07, 6.45) is 7.88. The molecule has 2 aromatic rings. The number of rotatable bonds is 2. The number of aromatic nitrogens is 2. The number of H-pyrrole nitrogens is 1. The van der Waals surface area contributed by atoms with Gasteiger partial charge >= 0.3 is 0 Å². The highest BCUT2D eigenvalue weighted by atomic mass is 79.9. The van der Waals surface area contributed by atoms with Crippen molar-refractivity contribution in [3.63, 3.8) is 0 Å². The Bertz CT molecular complexity index is 431. The molecular weight excluding hydrogens is 228 g/mol. The van der Waals surface area contributed by atoms with Gasteiger partial charge in [-0.2, -0.15) is 0 Å². The predicted molar refractivity (Wildman–Crippen MR) is 58.9 cm³/mol. The maximum atomic E-state index is 4.21. The number of allylic oxidation sites excluding steroid dienone is 1. The highest BCUT2D eigenvalue weighted by Crippen LogP contribution is 2.16. The van der Waals surface area contributed by atoms with Crippen molar-refractivity contribution in [1.29, 1.82) is 0 Å². The third-order valence-electron chi connectivity index (χ3n) is 1.88. The van der Waals surface area contributed by atoms with Gasteiger partial charge in [-0.3, -0.25) is 0 Å². The van der Waals surface area contributed by atoms with E-state index in [1.54, 1.807) is 0 Å². The Hall–Kier alpha value is -1.09. The molecule has 0 fully saturated rings. The summed E-state index contributed by atoms with van der Waals surface area (Å²) in [6.45, 7) is 0. The molecule has 0 aromatic carbocycles. The van der Waals surface area contributed by atoms with Crippen LogP contribution in [0.2, 0.25) is 0 Å². The van der Waals surface area contributed by atoms with E-state index in [9.17, 15) is 0 Å². The summed E-state index contributed by atoms with van der Waals surface area (Å²) >= 11 is 3.35. The van der Waals surface area contributed by atoms with Crippen LogP contribution in [0.5, 0.6) is 0 Å². The highest BCUT2D eigenvalue weighted by Gasteiger charge is 1.97. The van der Waals surface area contributed by atoms with Gasteiger partial charge in [0.25, 0.3) is 0 Å². The van der Waals surface area contributed by atoms with Crippen molar-refractivity contribution < 1.29 is 0 Å². The number of halogens is 1. The molecule has 0 aliphatic heterocycles. The number of nitrogens with zero attached hydrogens (tertiary/aromatic N) is 1. The van der Waals surface area contributed by atoms with Crippen LogP contribution in [-0.4, -0.2) is 15.3 Å². The second kappa shape index (κ2) is 3.75. The maximum absolute atomic E-state index is 4.21. The van der Waals surface area contributed by atoms with Gasteiger partial charge in [0.05, 0.1) is 0 Å². The fourth-order valence-electron chi connectivity index (χ4n) is 1.30. The number of nitrogens with one attached hydrogen (secondary N) is 1. The van der Waals surface area contributed by atoms with E-state index in [0.29, 0.717) is 0 Å². The Morgan fingerprint density at radius 3 is 3.23 bits per heavy atom. The molecule has 0 bridgehead atoms. The summed E-state index contributed by atoms with van der Waals surface area (Å²) in [5.41, 5.74) is 2.14. The van der Waals surface area contributed by atoms with E-state index in [4.69, 9.17) is 0 Å². The molecule has 0 saturated heterocycles. The molecule has 13 heavy (non-hydrogen) atoms. The van der Waals surface area contributed by atoms with Gasteiger partial charge in [0.15, 0.2) is 0 Å². The minimum Gasteiger partial charge on any atom is -0.346 e. The van der Waals surface area contributed by atoms with Crippen LogP contribution in [-0.2, 0) is 0 Å². The van der Waals surface area contributed by atoms with E-state index in [-0.39, 0.29) is 0 Å². The minimum absolute atomic E-state index is 0.876. The molecule has 0 aliphatic carbocycles. The van der Waals surface area contributed by atoms with Crippen LogP contribution in [0.3, 0.4) is 0 Å². The van der Waals surface area contributed by atoms with Gasteiger partial charge in [-0.05, 0) is 17.7 Å². The van der Waals surface area contributed by atoms with Crippen LogP contribution in [0.1, 0.15) is 5.56 Å². The van der Waals surface area contributed by atoms with Crippen molar-refractivity contribution in [2.24, 2.45) is 0 Å². The second-order valence-corrected chi connectivity index (χ2v) is 3.34. The largest absolute Gasteiger partial charge is 0.346 e. The van der Waals surface area contributed by atoms with Crippen molar-refractivity contribution in [3.05, 3.63) is 36.2 Å². The fraction of sp³-hybridized carbons (Fsp3) is 0.100. The number of pyridine rings is 1. The molecule has 0 unspecified atom stereocenters. The lowest BCUT2D eigenvalue weighted by atomic mass is 10.2. The summed E-state index contributed by atoms with van der Waals surface area (Å²) in [7, 11) is 0. The first-order valence-electron chi connectivity index (χ1n) is 4.06. The first-order chi connectivity index (χ1) is 6.42. The van der Waals surface area contributed by atoms with Gasteiger partial charge in [-0.25, -0.2) is 4.98 Å². The molecule has 0 spiro atoms. The van der Waals surface area contributed by atoms with Gasteiger partial charge in [0.2, 0.25) is 0 Å². The first kappa shape index (κ1) is 8.51. The molecule has 2 rings (SSSR count). The Kier molecular flexibility index (Phi) is 2.45. The van der Waals surface area contributed by atoms with Gasteiger partial charge in [0.1, 0.15) is 5.65 Å². The lowest BCUT2D eigenvalue weighted by Gasteiger charge is -1.94. The number of hydrogen-bond acceptors (Lipinski definition) is 1. The average Bonchev–Trinajstić information content (AvgIpc) is 2.62. The standard InChI is InChI=1S/C10H9BrN2/c11-5-1-2-8-3-6-12-10-9(8)4-7-13-10/h1-4,6-7H,5H2,(H,12,13). The summed E-state index contributed by atoms with van der Waals surface area (Å²) in [6, 6.07) is 4.05. The van der Waals surface area contributed by atoms with E-state index in [1.807, 2.05) is 24.5 Å². The molecule has 66 valence electrons. The zero-order valence-electron chi connectivity index (χ0n) is 7.00. The van der Waals surface area contributed by atoms with Crippen LogP contribution in [0, 0.1) is 0 Å². The molecular formula is C10H9BrN2. The molecule has 0 amide bonds. The van der Waals surface area contributed by atoms with Gasteiger partial charge in [0, 0.05) is 23.1 Å². The highest BCUT2D eigenvalue weighted by molar-refractivity contribution is 9.09. The molecule has 0 radical (unpaired) electrons. The van der Waals surface area contributed by atoms with E-state index >= 15 is 0 Å². The van der Waals surface area contributed by atoms with Crippen molar-refractivity contribution in [2.75, 3.05) is 5.33 Å². The van der Waals surface area contributed by atoms with Crippen LogP contribution in [0.4, 0.5) is 0 Å². The molecule has 3 heteroatoms. The lowest BCUT2D eigenvalue weighted by molar-refractivity contribution is 1.32. The summed E-state index contributed by atoms with van der Waals surface area (Å²) in [5, 5.41) is 2.04. The summed E-state index contributed by atoms with van der Waals surface area (Å²) in [4.78, 5) is 7.29. The molecule has 0 saturated carbocycles. The summed E-state index contributed by atoms with van der Waals surface area (Å²) < 4.78 is 0. The van der Waals surface area contributed by atoms with Crippen molar-refractivity contribution in [1.82, 2.24) is 9.97 Å². The summed E-state index contributed by atoms with van der Waals surface area (Å²) in [5.74, 6) is 0. The topological polar surface area (TPSA) is 28.7 Å². The quantitative estimate of drug-likeness (QED) is 0.799. The van der Waals surface area contributed by atoms with E-state index in [2.05, 4.69) is 38.0 Å². The third-order valence-corrected chi connectivity index (χ3v) is 2.25. The molecule has 1 N–H and O–H groups in total. The van der Waals surface area contributed by atoms with E-state index in [1.165, 1.54) is 10.9 Å². The fourth-order valence-corrected chi connectivity index (χ4v) is 1.49. The Morgan fingerprint density at radius 1 is 1.46 bits per heavy atom. The average molecular weight is 237 g/mol. The first-order valence-corrected chi connectivity index (χ1v) is 5.18. The lowest BCUT2D eigenvalue weighted by Crippen LogP contribution is -1.78. The Labute approximate surface area is 84.8 Å². The SMILES string of the molecule is BrCC=Cc1ccnc2[nH]ccc12. The normalized spacial score (nSPS) is 11.5. The molecule has 2 aromatic heterocycles. The minimum atomic E-state index is 0.876. The second-order valence-electron chi connectivity index (χ2n) is 2.70. The number of hydrogen-bond donors (Lipinski definition) is 1. The van der Waals surface area contributed by atoms with Gasteiger partial charge < -0.3 is 4.98 Å². The number of fused-ring (bicyclic) bond motifs is 1. The molecule has 2 nitrogen and oxygen atoms in total. The monoisotopic (exact) mass is 236 g/mol. The van der Waals surface area contributed by atoms with Crippen LogP contribution in [0.15, 0.2) is 30.6 Å². The predicted octanol–water partition coefficient (Wildman–Crippen LogP) is 2.97. The van der Waals surface area contributed by atoms with Crippen LogP contribution < -0.4 is 0 Å². The smallest absolute Gasteiger partial charge is 0.137 e. The molecule has 0 atom stereocenters. The van der Waals surface area contributed by atoms with Crippen LogP contribution in [0.25, 0.3) is 17.1 Å². The van der Waals surface area contributed by atoms with Gasteiger partial charge in [-0.15, -0.1) is 0 Å². The Morgan fingerprint density at radius 2 is 2.38 bits per heavy atom. The van der Waals surface area contributed by atoms with Crippen molar-refractivity contribution >= 4 is 33.0 Å². The molecule has 2 heterocycles.